The van der Waals surface area contributed by atoms with Crippen molar-refractivity contribution >= 4 is 22.0 Å². The first-order chi connectivity index (χ1) is 12.3. The van der Waals surface area contributed by atoms with E-state index in [0.29, 0.717) is 23.3 Å². The van der Waals surface area contributed by atoms with Crippen LogP contribution in [-0.2, 0) is 21.2 Å². The summed E-state index contributed by atoms with van der Waals surface area (Å²) in [6.07, 6.45) is 1.61. The van der Waals surface area contributed by atoms with E-state index in [4.69, 9.17) is 4.74 Å². The Morgan fingerprint density at radius 3 is 2.00 bits per heavy atom. The number of ether oxygens (including phenoxy) is 2. The predicted molar refractivity (Wildman–Crippen MR) is 95.7 cm³/mol. The third kappa shape index (κ3) is 5.98. The van der Waals surface area contributed by atoms with Crippen LogP contribution in [0.4, 0.5) is 0 Å². The Labute approximate surface area is 152 Å². The fourth-order valence-corrected chi connectivity index (χ4v) is 2.60. The van der Waals surface area contributed by atoms with Gasteiger partial charge in [-0.15, -0.1) is 0 Å². The number of hydrogen-bond acceptors (Lipinski definition) is 6. The summed E-state index contributed by atoms with van der Waals surface area (Å²) in [5.41, 5.74) is 1.61. The molecule has 2 aromatic rings. The van der Waals surface area contributed by atoms with Gasteiger partial charge >= 0.3 is 11.9 Å². The smallest absolute Gasteiger partial charge is 0.343 e. The summed E-state index contributed by atoms with van der Waals surface area (Å²) in [5, 5.41) is 0. The molecule has 7 nitrogen and oxygen atoms in total. The van der Waals surface area contributed by atoms with Crippen LogP contribution in [0.25, 0.3) is 0 Å². The molecule has 0 aliphatic carbocycles. The van der Waals surface area contributed by atoms with Crippen molar-refractivity contribution in [3.8, 4) is 5.75 Å². The summed E-state index contributed by atoms with van der Waals surface area (Å²) in [5.74, 6) is -0.690. The summed E-state index contributed by atoms with van der Waals surface area (Å²) in [4.78, 5) is 23.5. The maximum Gasteiger partial charge on any atom is 0.343 e. The standard InChI is InChI=1S/C18H19NO6S/c1-24-17(20)14-7-9-16(10-8-14)25-18(21)15-5-3-13(4-6-15)11-12-19-26(2,22)23/h3-10,19H,11-12H2,1-2H3. The summed E-state index contributed by atoms with van der Waals surface area (Å²) in [6.45, 7) is 0.287. The van der Waals surface area contributed by atoms with Crippen molar-refractivity contribution in [2.24, 2.45) is 0 Å². The Bertz CT molecular complexity index is 873. The SMILES string of the molecule is COC(=O)c1ccc(OC(=O)c2ccc(CCNS(C)(=O)=O)cc2)cc1. The number of benzene rings is 2. The topological polar surface area (TPSA) is 98.8 Å². The van der Waals surface area contributed by atoms with Crippen molar-refractivity contribution in [2.75, 3.05) is 19.9 Å². The molecule has 8 heteroatoms. The van der Waals surface area contributed by atoms with Crippen molar-refractivity contribution in [3.63, 3.8) is 0 Å². The largest absolute Gasteiger partial charge is 0.465 e. The second-order valence-electron chi connectivity index (χ2n) is 5.52. The molecule has 0 heterocycles. The first-order valence-electron chi connectivity index (χ1n) is 7.72. The first kappa shape index (κ1) is 19.6. The molecular formula is C18H19NO6S. The quantitative estimate of drug-likeness (QED) is 0.583. The zero-order valence-corrected chi connectivity index (χ0v) is 15.2. The van der Waals surface area contributed by atoms with Gasteiger partial charge < -0.3 is 9.47 Å². The summed E-state index contributed by atoms with van der Waals surface area (Å²) in [7, 11) is -1.92. The number of methoxy groups -OCH3 is 1. The minimum Gasteiger partial charge on any atom is -0.465 e. The van der Waals surface area contributed by atoms with Crippen LogP contribution in [0.15, 0.2) is 48.5 Å². The van der Waals surface area contributed by atoms with Gasteiger partial charge in [0.25, 0.3) is 0 Å². The fourth-order valence-electron chi connectivity index (χ4n) is 2.13. The van der Waals surface area contributed by atoms with Gasteiger partial charge in [0.05, 0.1) is 24.5 Å². The lowest BCUT2D eigenvalue weighted by molar-refractivity contribution is 0.0600. The molecule has 2 aromatic carbocycles. The van der Waals surface area contributed by atoms with Gasteiger partial charge in [-0.25, -0.2) is 22.7 Å². The molecule has 0 unspecified atom stereocenters. The van der Waals surface area contributed by atoms with Gasteiger partial charge in [0, 0.05) is 6.54 Å². The number of carbonyl (C=O) groups excluding carboxylic acids is 2. The van der Waals surface area contributed by atoms with Crippen molar-refractivity contribution < 1.29 is 27.5 Å². The molecule has 138 valence electrons. The van der Waals surface area contributed by atoms with Crippen LogP contribution in [-0.4, -0.2) is 40.3 Å². The van der Waals surface area contributed by atoms with Gasteiger partial charge in [-0.1, -0.05) is 12.1 Å². The third-order valence-corrected chi connectivity index (χ3v) is 4.18. The minimum atomic E-state index is -3.21. The van der Waals surface area contributed by atoms with Crippen LogP contribution in [0, 0.1) is 0 Å². The molecular weight excluding hydrogens is 358 g/mol. The number of nitrogens with one attached hydrogen (secondary N) is 1. The Morgan fingerprint density at radius 2 is 1.46 bits per heavy atom. The average molecular weight is 377 g/mol. The molecule has 1 N–H and O–H groups in total. The molecule has 2 rings (SSSR count). The van der Waals surface area contributed by atoms with E-state index in [1.807, 2.05) is 0 Å². The van der Waals surface area contributed by atoms with Crippen LogP contribution in [0.5, 0.6) is 5.75 Å². The highest BCUT2D eigenvalue weighted by Gasteiger charge is 2.10. The summed E-state index contributed by atoms with van der Waals surface area (Å²) >= 11 is 0. The molecule has 26 heavy (non-hydrogen) atoms. The highest BCUT2D eigenvalue weighted by atomic mass is 32.2. The van der Waals surface area contributed by atoms with E-state index in [0.717, 1.165) is 11.8 Å². The van der Waals surface area contributed by atoms with E-state index in [1.54, 1.807) is 24.3 Å². The number of carbonyl (C=O) groups is 2. The van der Waals surface area contributed by atoms with Crippen molar-refractivity contribution in [2.45, 2.75) is 6.42 Å². The fraction of sp³-hybridized carbons (Fsp3) is 0.222. The van der Waals surface area contributed by atoms with Gasteiger partial charge in [-0.05, 0) is 48.4 Å². The third-order valence-electron chi connectivity index (χ3n) is 3.45. The zero-order chi connectivity index (χ0) is 19.2. The molecule has 0 amide bonds. The lowest BCUT2D eigenvalue weighted by Crippen LogP contribution is -2.24. The molecule has 0 saturated heterocycles. The Hall–Kier alpha value is -2.71. The molecule has 0 atom stereocenters. The monoisotopic (exact) mass is 377 g/mol. The number of sulfonamides is 1. The van der Waals surface area contributed by atoms with E-state index in [2.05, 4.69) is 9.46 Å². The van der Waals surface area contributed by atoms with Gasteiger partial charge in [0.15, 0.2) is 0 Å². The summed E-state index contributed by atoms with van der Waals surface area (Å²) in [6, 6.07) is 12.7. The van der Waals surface area contributed by atoms with Gasteiger partial charge in [0.1, 0.15) is 5.75 Å². The minimum absolute atomic E-state index is 0.287. The van der Waals surface area contributed by atoms with E-state index < -0.39 is 22.0 Å². The van der Waals surface area contributed by atoms with Crippen molar-refractivity contribution in [3.05, 3.63) is 65.2 Å². The average Bonchev–Trinajstić information content (AvgIpc) is 2.61. The number of hydrogen-bond donors (Lipinski definition) is 1. The zero-order valence-electron chi connectivity index (χ0n) is 14.4. The second-order valence-corrected chi connectivity index (χ2v) is 7.35. The van der Waals surface area contributed by atoms with Crippen LogP contribution >= 0.6 is 0 Å². The Balaban J connectivity index is 1.94. The lowest BCUT2D eigenvalue weighted by atomic mass is 10.1. The highest BCUT2D eigenvalue weighted by Crippen LogP contribution is 2.15. The van der Waals surface area contributed by atoms with Gasteiger partial charge in [-0.3, -0.25) is 0 Å². The molecule has 0 bridgehead atoms. The van der Waals surface area contributed by atoms with Crippen molar-refractivity contribution in [1.29, 1.82) is 0 Å². The van der Waals surface area contributed by atoms with E-state index in [-0.39, 0.29) is 6.54 Å². The van der Waals surface area contributed by atoms with Crippen LogP contribution < -0.4 is 9.46 Å². The van der Waals surface area contributed by atoms with E-state index >= 15 is 0 Å². The number of esters is 2. The molecule has 0 radical (unpaired) electrons. The maximum absolute atomic E-state index is 12.1. The Kier molecular flexibility index (Phi) is 6.48. The molecule has 0 fully saturated rings. The predicted octanol–water partition coefficient (Wildman–Crippen LogP) is 1.78. The first-order valence-corrected chi connectivity index (χ1v) is 9.62. The van der Waals surface area contributed by atoms with E-state index in [1.165, 1.54) is 31.4 Å². The number of rotatable bonds is 7. The van der Waals surface area contributed by atoms with Crippen LogP contribution in [0.1, 0.15) is 26.3 Å². The normalized spacial score (nSPS) is 11.0. The van der Waals surface area contributed by atoms with E-state index in [9.17, 15) is 18.0 Å². The van der Waals surface area contributed by atoms with Crippen LogP contribution in [0.2, 0.25) is 0 Å². The summed E-state index contributed by atoms with van der Waals surface area (Å²) < 4.78 is 34.3. The lowest BCUT2D eigenvalue weighted by Gasteiger charge is -2.07. The maximum atomic E-state index is 12.1. The van der Waals surface area contributed by atoms with Crippen LogP contribution in [0.3, 0.4) is 0 Å². The van der Waals surface area contributed by atoms with Gasteiger partial charge in [0.2, 0.25) is 10.0 Å². The molecule has 0 aromatic heterocycles. The van der Waals surface area contributed by atoms with Gasteiger partial charge in [-0.2, -0.15) is 0 Å². The second kappa shape index (κ2) is 8.59. The van der Waals surface area contributed by atoms with Crippen molar-refractivity contribution in [1.82, 2.24) is 4.72 Å². The molecule has 0 spiro atoms. The molecule has 0 saturated carbocycles. The Morgan fingerprint density at radius 1 is 0.923 bits per heavy atom. The molecule has 0 aliphatic heterocycles. The highest BCUT2D eigenvalue weighted by molar-refractivity contribution is 7.88. The molecule has 0 aliphatic rings.